The Morgan fingerprint density at radius 1 is 1.15 bits per heavy atom. The molecule has 2 aromatic rings. The molecule has 2 fully saturated rings. The van der Waals surface area contributed by atoms with Crippen LogP contribution < -0.4 is 5.32 Å². The maximum atomic E-state index is 12.9. The normalized spacial score (nSPS) is 19.4. The molecule has 6 heteroatoms. The molecule has 0 atom stereocenters. The van der Waals surface area contributed by atoms with E-state index in [-0.39, 0.29) is 11.9 Å². The molecule has 1 amide bonds. The summed E-state index contributed by atoms with van der Waals surface area (Å²) >= 11 is 1.53. The van der Waals surface area contributed by atoms with Crippen molar-refractivity contribution in [1.29, 1.82) is 0 Å². The highest BCUT2D eigenvalue weighted by Gasteiger charge is 2.29. The topological polar surface area (TPSA) is 58.1 Å². The Hall–Kier alpha value is -1.53. The van der Waals surface area contributed by atoms with Crippen molar-refractivity contribution in [1.82, 2.24) is 20.2 Å². The quantitative estimate of drug-likeness (QED) is 0.887. The first-order chi connectivity index (χ1) is 12.4. The van der Waals surface area contributed by atoms with Gasteiger partial charge in [0.05, 0.1) is 10.6 Å². The minimum atomic E-state index is 0.0564. The zero-order chi connectivity index (χ0) is 18.4. The van der Waals surface area contributed by atoms with Crippen LogP contribution in [0.4, 0.5) is 0 Å². The monoisotopic (exact) mass is 372 g/mol. The number of nitrogens with zero attached hydrogens (tertiary/aromatic N) is 3. The highest BCUT2D eigenvalue weighted by atomic mass is 32.1. The van der Waals surface area contributed by atoms with E-state index in [1.807, 2.05) is 13.8 Å². The number of rotatable bonds is 4. The largest absolute Gasteiger partial charge is 0.349 e. The van der Waals surface area contributed by atoms with Gasteiger partial charge < -0.3 is 10.2 Å². The molecule has 0 unspecified atom stereocenters. The van der Waals surface area contributed by atoms with Crippen LogP contribution in [0.5, 0.6) is 0 Å². The van der Waals surface area contributed by atoms with E-state index >= 15 is 0 Å². The summed E-state index contributed by atoms with van der Waals surface area (Å²) in [6.07, 6.45) is 4.44. The van der Waals surface area contributed by atoms with Crippen molar-refractivity contribution in [2.75, 3.05) is 13.1 Å². The molecule has 0 aromatic carbocycles. The van der Waals surface area contributed by atoms with Crippen molar-refractivity contribution < 1.29 is 4.79 Å². The van der Waals surface area contributed by atoms with Gasteiger partial charge in [0.25, 0.3) is 5.91 Å². The fraction of sp³-hybridized carbons (Fsp3) is 0.650. The molecule has 140 valence electrons. The predicted octanol–water partition coefficient (Wildman–Crippen LogP) is 3.79. The summed E-state index contributed by atoms with van der Waals surface area (Å²) in [5.74, 6) is 1.55. The summed E-state index contributed by atoms with van der Waals surface area (Å²) in [5.41, 5.74) is 2.04. The zero-order valence-corrected chi connectivity index (χ0v) is 16.9. The summed E-state index contributed by atoms with van der Waals surface area (Å²) < 4.78 is 0. The number of likely N-dealkylation sites (tertiary alicyclic amines) is 1. The van der Waals surface area contributed by atoms with Crippen LogP contribution in [0.3, 0.4) is 0 Å². The average Bonchev–Trinajstić information content (AvgIpc) is 3.39. The molecule has 2 aromatic heterocycles. The molecule has 4 rings (SSSR count). The summed E-state index contributed by atoms with van der Waals surface area (Å²) in [6.45, 7) is 10.7. The molecule has 0 spiro atoms. The van der Waals surface area contributed by atoms with Crippen LogP contribution in [0.15, 0.2) is 0 Å². The van der Waals surface area contributed by atoms with Gasteiger partial charge >= 0.3 is 0 Å². The lowest BCUT2D eigenvalue weighted by atomic mass is 10.0. The molecule has 0 radical (unpaired) electrons. The summed E-state index contributed by atoms with van der Waals surface area (Å²) in [7, 11) is 0. The standard InChI is InChI=1S/C20H28N4OS/c1-11(2)24-9-7-15(8-10-24)22-19(25)17-12(3)16-13(4)21-18(14-5-6-14)23-20(16)26-17/h11,14-15H,5-10H2,1-4H3,(H,22,25). The highest BCUT2D eigenvalue weighted by molar-refractivity contribution is 7.20. The van der Waals surface area contributed by atoms with E-state index in [0.29, 0.717) is 12.0 Å². The lowest BCUT2D eigenvalue weighted by Crippen LogP contribution is -2.46. The van der Waals surface area contributed by atoms with Gasteiger partial charge in [-0.2, -0.15) is 0 Å². The first-order valence-electron chi connectivity index (χ1n) is 9.76. The van der Waals surface area contributed by atoms with E-state index in [0.717, 1.165) is 58.1 Å². The fourth-order valence-electron chi connectivity index (χ4n) is 3.91. The Labute approximate surface area is 159 Å². The van der Waals surface area contributed by atoms with Crippen LogP contribution in [0.1, 0.15) is 72.2 Å². The third kappa shape index (κ3) is 3.37. The van der Waals surface area contributed by atoms with Crippen molar-refractivity contribution in [3.05, 3.63) is 22.0 Å². The summed E-state index contributed by atoms with van der Waals surface area (Å²) in [6, 6.07) is 0.857. The Bertz CT molecular complexity index is 832. The van der Waals surface area contributed by atoms with E-state index in [1.54, 1.807) is 0 Å². The number of carbonyl (C=O) groups is 1. The molecule has 5 nitrogen and oxygen atoms in total. The highest BCUT2D eigenvalue weighted by Crippen LogP contribution is 2.40. The van der Waals surface area contributed by atoms with Crippen LogP contribution in [0, 0.1) is 13.8 Å². The van der Waals surface area contributed by atoms with E-state index in [2.05, 4.69) is 24.1 Å². The number of aromatic nitrogens is 2. The minimum absolute atomic E-state index is 0.0564. The van der Waals surface area contributed by atoms with Gasteiger partial charge in [0.15, 0.2) is 0 Å². The smallest absolute Gasteiger partial charge is 0.261 e. The number of carbonyl (C=O) groups excluding carboxylic acids is 1. The van der Waals surface area contributed by atoms with Gasteiger partial charge in [-0.05, 0) is 58.9 Å². The van der Waals surface area contributed by atoms with E-state index in [4.69, 9.17) is 9.97 Å². The van der Waals surface area contributed by atoms with Crippen LogP contribution >= 0.6 is 11.3 Å². The van der Waals surface area contributed by atoms with E-state index in [9.17, 15) is 4.79 Å². The van der Waals surface area contributed by atoms with E-state index < -0.39 is 0 Å². The summed E-state index contributed by atoms with van der Waals surface area (Å²) in [4.78, 5) is 26.6. The molecular formula is C20H28N4OS. The molecule has 2 aliphatic rings. The SMILES string of the molecule is Cc1nc(C2CC2)nc2sc(C(=O)NC3CCN(C(C)C)CC3)c(C)c12. The second-order valence-corrected chi connectivity index (χ2v) is 9.05. The number of hydrogen-bond donors (Lipinski definition) is 1. The Morgan fingerprint density at radius 3 is 2.46 bits per heavy atom. The average molecular weight is 373 g/mol. The van der Waals surface area contributed by atoms with Crippen molar-refractivity contribution in [2.45, 2.75) is 71.4 Å². The number of hydrogen-bond acceptors (Lipinski definition) is 5. The number of aryl methyl sites for hydroxylation is 2. The fourth-order valence-corrected chi connectivity index (χ4v) is 5.05. The lowest BCUT2D eigenvalue weighted by molar-refractivity contribution is 0.0904. The predicted molar refractivity (Wildman–Crippen MR) is 106 cm³/mol. The zero-order valence-electron chi connectivity index (χ0n) is 16.1. The third-order valence-corrected chi connectivity index (χ3v) is 6.92. The maximum Gasteiger partial charge on any atom is 0.261 e. The molecule has 1 N–H and O–H groups in total. The Balaban J connectivity index is 1.52. The molecule has 0 bridgehead atoms. The van der Waals surface area contributed by atoms with Gasteiger partial charge in [0.1, 0.15) is 10.7 Å². The van der Waals surface area contributed by atoms with Crippen molar-refractivity contribution >= 4 is 27.5 Å². The summed E-state index contributed by atoms with van der Waals surface area (Å²) in [5, 5.41) is 4.33. The molecule has 1 aliphatic carbocycles. The van der Waals surface area contributed by atoms with Gasteiger partial charge in [-0.25, -0.2) is 9.97 Å². The van der Waals surface area contributed by atoms with Crippen molar-refractivity contribution in [3.63, 3.8) is 0 Å². The molecule has 26 heavy (non-hydrogen) atoms. The van der Waals surface area contributed by atoms with Crippen molar-refractivity contribution in [3.8, 4) is 0 Å². The van der Waals surface area contributed by atoms with Crippen LogP contribution in [-0.4, -0.2) is 45.9 Å². The molecular weight excluding hydrogens is 344 g/mol. The van der Waals surface area contributed by atoms with Gasteiger partial charge in [0, 0.05) is 36.5 Å². The molecule has 1 aliphatic heterocycles. The number of fused-ring (bicyclic) bond motifs is 1. The van der Waals surface area contributed by atoms with E-state index in [1.165, 1.54) is 24.2 Å². The second kappa shape index (κ2) is 6.89. The molecule has 1 saturated heterocycles. The number of nitrogens with one attached hydrogen (secondary N) is 1. The Kier molecular flexibility index (Phi) is 4.73. The van der Waals surface area contributed by atoms with Gasteiger partial charge in [-0.15, -0.1) is 11.3 Å². The van der Waals surface area contributed by atoms with Crippen LogP contribution in [0.25, 0.3) is 10.2 Å². The number of piperidine rings is 1. The third-order valence-electron chi connectivity index (χ3n) is 5.73. The van der Waals surface area contributed by atoms with Gasteiger partial charge in [-0.1, -0.05) is 0 Å². The van der Waals surface area contributed by atoms with Crippen LogP contribution in [0.2, 0.25) is 0 Å². The maximum absolute atomic E-state index is 12.9. The van der Waals surface area contributed by atoms with Crippen molar-refractivity contribution in [2.24, 2.45) is 0 Å². The first-order valence-corrected chi connectivity index (χ1v) is 10.6. The lowest BCUT2D eigenvalue weighted by Gasteiger charge is -2.34. The number of amides is 1. The molecule has 1 saturated carbocycles. The van der Waals surface area contributed by atoms with Gasteiger partial charge in [0.2, 0.25) is 0 Å². The first kappa shape index (κ1) is 17.9. The Morgan fingerprint density at radius 2 is 1.85 bits per heavy atom. The van der Waals surface area contributed by atoms with Gasteiger partial charge in [-0.3, -0.25) is 4.79 Å². The molecule has 3 heterocycles. The van der Waals surface area contributed by atoms with Crippen LogP contribution in [-0.2, 0) is 0 Å². The minimum Gasteiger partial charge on any atom is -0.349 e. The number of thiophene rings is 1. The second-order valence-electron chi connectivity index (χ2n) is 8.06.